The molecule has 0 bridgehead atoms. The molecule has 1 aromatic heterocycles. The van der Waals surface area contributed by atoms with Crippen molar-refractivity contribution in [2.45, 2.75) is 25.8 Å². The maximum Gasteiger partial charge on any atom is 0.116 e. The molecule has 17 heavy (non-hydrogen) atoms. The van der Waals surface area contributed by atoms with Crippen LogP contribution >= 0.6 is 11.3 Å². The molecule has 3 heteroatoms. The van der Waals surface area contributed by atoms with E-state index < -0.39 is 0 Å². The van der Waals surface area contributed by atoms with E-state index >= 15 is 0 Å². The molecule has 0 radical (unpaired) electrons. The maximum atomic E-state index is 9.43. The van der Waals surface area contributed by atoms with Crippen molar-refractivity contribution in [2.24, 2.45) is 5.73 Å². The summed E-state index contributed by atoms with van der Waals surface area (Å²) in [5.41, 5.74) is 6.91. The normalized spacial score (nSPS) is 21.9. The van der Waals surface area contributed by atoms with Crippen LogP contribution < -0.4 is 5.73 Å². The van der Waals surface area contributed by atoms with Gasteiger partial charge in [-0.3, -0.25) is 0 Å². The highest BCUT2D eigenvalue weighted by Gasteiger charge is 2.35. The number of rotatable bonds is 2. The van der Waals surface area contributed by atoms with Crippen molar-refractivity contribution in [3.05, 3.63) is 41.3 Å². The number of hydrogen-bond donors (Lipinski definition) is 2. The summed E-state index contributed by atoms with van der Waals surface area (Å²) in [6.07, 6.45) is 1.11. The third-order valence-corrected chi connectivity index (χ3v) is 4.23. The molecule has 2 nitrogen and oxygen atoms in total. The molecule has 2 aromatic rings. The van der Waals surface area contributed by atoms with Crippen LogP contribution in [0.4, 0.5) is 0 Å². The van der Waals surface area contributed by atoms with Crippen LogP contribution in [0.5, 0.6) is 5.75 Å². The summed E-state index contributed by atoms with van der Waals surface area (Å²) in [7, 11) is 0. The number of hydrogen-bond acceptors (Lipinski definition) is 3. The van der Waals surface area contributed by atoms with Gasteiger partial charge in [0.05, 0.1) is 0 Å². The van der Waals surface area contributed by atoms with Crippen molar-refractivity contribution in [2.75, 3.05) is 0 Å². The highest BCUT2D eigenvalue weighted by molar-refractivity contribution is 7.15. The van der Waals surface area contributed by atoms with Crippen LogP contribution in [0.2, 0.25) is 0 Å². The van der Waals surface area contributed by atoms with E-state index in [1.165, 1.54) is 9.75 Å². The van der Waals surface area contributed by atoms with Gasteiger partial charge in [-0.15, -0.1) is 11.3 Å². The molecule has 0 spiro atoms. The predicted molar refractivity (Wildman–Crippen MR) is 73.5 cm³/mol. The quantitative estimate of drug-likeness (QED) is 0.852. The summed E-state index contributed by atoms with van der Waals surface area (Å²) in [4.78, 5) is 2.57. The lowest BCUT2D eigenvalue weighted by molar-refractivity contribution is 0.475. The Morgan fingerprint density at radius 1 is 1.24 bits per heavy atom. The second kappa shape index (κ2) is 4.51. The molecule has 1 aliphatic rings. The summed E-state index contributed by atoms with van der Waals surface area (Å²) >= 11 is 1.78. The summed E-state index contributed by atoms with van der Waals surface area (Å²) in [6, 6.07) is 12.0. The van der Waals surface area contributed by atoms with Gasteiger partial charge < -0.3 is 10.8 Å². The Hall–Kier alpha value is -1.32. The monoisotopic (exact) mass is 247 g/mol. The van der Waals surface area contributed by atoms with E-state index in [0.29, 0.717) is 17.7 Å². The molecule has 0 unspecified atom stereocenters. The van der Waals surface area contributed by atoms with E-state index in [1.54, 1.807) is 23.5 Å². The Morgan fingerprint density at radius 3 is 2.65 bits per heavy atom. The van der Waals surface area contributed by atoms with Crippen LogP contribution in [-0.2, 0) is 0 Å². The third-order valence-electron chi connectivity index (χ3n) is 2.96. The van der Waals surface area contributed by atoms with Crippen LogP contribution in [0.25, 0.3) is 10.4 Å². The van der Waals surface area contributed by atoms with Crippen molar-refractivity contribution in [1.29, 1.82) is 0 Å². The van der Waals surface area contributed by atoms with Crippen molar-refractivity contribution in [3.8, 4) is 16.2 Å². The average Bonchev–Trinajstić information content (AvgIpc) is 2.81. The minimum Gasteiger partial charge on any atom is -0.508 e. The van der Waals surface area contributed by atoms with Crippen molar-refractivity contribution in [3.63, 3.8) is 0 Å². The van der Waals surface area contributed by atoms with Gasteiger partial charge in [0.1, 0.15) is 5.75 Å². The molecule has 1 aliphatic carbocycles. The van der Waals surface area contributed by atoms with E-state index in [9.17, 15) is 5.11 Å². The van der Waals surface area contributed by atoms with E-state index in [-0.39, 0.29) is 7.43 Å². The Bertz CT molecular complexity index is 520. The second-order valence-electron chi connectivity index (χ2n) is 4.26. The van der Waals surface area contributed by atoms with Crippen LogP contribution in [0.3, 0.4) is 0 Å². The summed E-state index contributed by atoms with van der Waals surface area (Å²) in [5, 5.41) is 9.43. The van der Waals surface area contributed by atoms with Gasteiger partial charge in [-0.2, -0.15) is 0 Å². The molecule has 1 heterocycles. The molecule has 2 atom stereocenters. The lowest BCUT2D eigenvalue weighted by atomic mass is 10.2. The topological polar surface area (TPSA) is 46.2 Å². The van der Waals surface area contributed by atoms with Crippen LogP contribution in [0, 0.1) is 0 Å². The zero-order valence-electron chi connectivity index (χ0n) is 8.76. The molecule has 1 fully saturated rings. The Labute approximate surface area is 106 Å². The van der Waals surface area contributed by atoms with Gasteiger partial charge in [-0.1, -0.05) is 19.6 Å². The SMILES string of the molecule is C.N[C@H]1C[C@@H]1c1ccc(-c2cccc(O)c2)s1. The molecule has 0 aliphatic heterocycles. The first-order valence-electron chi connectivity index (χ1n) is 5.39. The second-order valence-corrected chi connectivity index (χ2v) is 5.37. The largest absolute Gasteiger partial charge is 0.508 e. The molecule has 3 rings (SSSR count). The van der Waals surface area contributed by atoms with Gasteiger partial charge in [0.2, 0.25) is 0 Å². The maximum absolute atomic E-state index is 9.43. The minimum absolute atomic E-state index is 0. The van der Waals surface area contributed by atoms with Crippen molar-refractivity contribution >= 4 is 11.3 Å². The van der Waals surface area contributed by atoms with Gasteiger partial charge in [0.15, 0.2) is 0 Å². The van der Waals surface area contributed by atoms with Crippen molar-refractivity contribution < 1.29 is 5.11 Å². The summed E-state index contributed by atoms with van der Waals surface area (Å²) in [6.45, 7) is 0. The smallest absolute Gasteiger partial charge is 0.116 e. The molecule has 3 N–H and O–H groups in total. The Balaban J connectivity index is 0.00000108. The fourth-order valence-corrected chi connectivity index (χ4v) is 3.10. The Morgan fingerprint density at radius 2 is 2.00 bits per heavy atom. The van der Waals surface area contributed by atoms with Crippen LogP contribution in [-0.4, -0.2) is 11.1 Å². The number of thiophene rings is 1. The number of phenols is 1. The van der Waals surface area contributed by atoms with Gasteiger partial charge in [0, 0.05) is 21.7 Å². The molecule has 1 saturated carbocycles. The highest BCUT2D eigenvalue weighted by atomic mass is 32.1. The lowest BCUT2D eigenvalue weighted by Crippen LogP contribution is -1.99. The molecular weight excluding hydrogens is 230 g/mol. The summed E-state index contributed by atoms with van der Waals surface area (Å²) < 4.78 is 0. The summed E-state index contributed by atoms with van der Waals surface area (Å²) in [5.74, 6) is 0.881. The van der Waals surface area contributed by atoms with E-state index in [2.05, 4.69) is 12.1 Å². The Kier molecular flexibility index (Phi) is 3.22. The molecule has 0 saturated heterocycles. The molecular formula is C14H17NOS. The molecule has 0 amide bonds. The first kappa shape index (κ1) is 12.1. The highest BCUT2D eigenvalue weighted by Crippen LogP contribution is 2.44. The fourth-order valence-electron chi connectivity index (χ4n) is 1.91. The number of aromatic hydroxyl groups is 1. The minimum atomic E-state index is 0. The van der Waals surface area contributed by atoms with Gasteiger partial charge in [-0.05, 0) is 36.2 Å². The van der Waals surface area contributed by atoms with E-state index in [0.717, 1.165) is 12.0 Å². The standard InChI is InChI=1S/C13H13NOS.CH4/c14-11-7-10(11)13-5-4-12(16-13)8-2-1-3-9(15)6-8;/h1-6,10-11,15H,7,14H2;1H4/t10-,11-;/m0./s1. The molecule has 90 valence electrons. The first-order valence-corrected chi connectivity index (χ1v) is 6.20. The fraction of sp³-hybridized carbons (Fsp3) is 0.286. The van der Waals surface area contributed by atoms with Gasteiger partial charge >= 0.3 is 0 Å². The van der Waals surface area contributed by atoms with Crippen LogP contribution in [0.1, 0.15) is 24.6 Å². The number of benzene rings is 1. The zero-order chi connectivity index (χ0) is 11.1. The van der Waals surface area contributed by atoms with E-state index in [4.69, 9.17) is 5.73 Å². The predicted octanol–water partition coefficient (Wildman–Crippen LogP) is 3.57. The lowest BCUT2D eigenvalue weighted by Gasteiger charge is -1.97. The third kappa shape index (κ3) is 2.35. The molecule has 1 aromatic carbocycles. The number of phenolic OH excluding ortho intramolecular Hbond substituents is 1. The van der Waals surface area contributed by atoms with Gasteiger partial charge in [-0.25, -0.2) is 0 Å². The average molecular weight is 247 g/mol. The van der Waals surface area contributed by atoms with Crippen LogP contribution in [0.15, 0.2) is 36.4 Å². The first-order chi connectivity index (χ1) is 7.74. The van der Waals surface area contributed by atoms with Gasteiger partial charge in [0.25, 0.3) is 0 Å². The number of nitrogens with two attached hydrogens (primary N) is 1. The van der Waals surface area contributed by atoms with E-state index in [1.807, 2.05) is 12.1 Å². The van der Waals surface area contributed by atoms with Crippen molar-refractivity contribution in [1.82, 2.24) is 0 Å². The zero-order valence-corrected chi connectivity index (χ0v) is 9.58.